The summed E-state index contributed by atoms with van der Waals surface area (Å²) in [4.78, 5) is 34.5. The van der Waals surface area contributed by atoms with E-state index in [1.807, 2.05) is 13.8 Å². The molecule has 1 spiro atoms. The van der Waals surface area contributed by atoms with Gasteiger partial charge in [0.25, 0.3) is 5.91 Å². The molecule has 0 saturated heterocycles. The van der Waals surface area contributed by atoms with Gasteiger partial charge in [0.05, 0.1) is 11.9 Å². The normalized spacial score (nSPS) is 17.6. The van der Waals surface area contributed by atoms with E-state index in [4.69, 9.17) is 0 Å². The fourth-order valence-electron chi connectivity index (χ4n) is 6.07. The van der Waals surface area contributed by atoms with E-state index in [-0.39, 0.29) is 28.5 Å². The van der Waals surface area contributed by atoms with Crippen LogP contribution in [0.5, 0.6) is 0 Å². The Morgan fingerprint density at radius 1 is 1.18 bits per heavy atom. The summed E-state index contributed by atoms with van der Waals surface area (Å²) in [5.74, 6) is -2.23. The Hall–Kier alpha value is -4.34. The molecule has 1 aromatic carbocycles. The lowest BCUT2D eigenvalue weighted by Gasteiger charge is -2.29. The van der Waals surface area contributed by atoms with Crippen LogP contribution in [-0.2, 0) is 18.3 Å². The SMILES string of the molecule is Cc1c[nH]c(C)c1-c1ncc(NC(=O)[C@@H](NC(=O)c2ccnn2C)C2c3ccc(F)cc3CC23CC3)cc1F. The Morgan fingerprint density at radius 3 is 2.62 bits per heavy atom. The van der Waals surface area contributed by atoms with Crippen LogP contribution < -0.4 is 10.6 Å². The molecular weight excluding hydrogens is 502 g/mol. The number of H-pyrrole nitrogens is 1. The number of hydrogen-bond donors (Lipinski definition) is 3. The van der Waals surface area contributed by atoms with Crippen LogP contribution in [0.3, 0.4) is 0 Å². The van der Waals surface area contributed by atoms with Crippen molar-refractivity contribution in [2.45, 2.75) is 45.1 Å². The molecule has 2 aliphatic carbocycles. The van der Waals surface area contributed by atoms with Gasteiger partial charge in [0.2, 0.25) is 5.91 Å². The number of pyridine rings is 1. The lowest BCUT2D eigenvalue weighted by molar-refractivity contribution is -0.118. The van der Waals surface area contributed by atoms with Crippen LogP contribution in [-0.4, -0.2) is 37.6 Å². The molecule has 8 nitrogen and oxygen atoms in total. The van der Waals surface area contributed by atoms with Crippen LogP contribution in [0, 0.1) is 30.9 Å². The molecule has 2 atom stereocenters. The summed E-state index contributed by atoms with van der Waals surface area (Å²) in [5.41, 5.74) is 4.44. The molecule has 2 amide bonds. The molecule has 200 valence electrons. The topological polar surface area (TPSA) is 105 Å². The molecular formula is C29H28F2N6O2. The number of aromatic nitrogens is 4. The lowest BCUT2D eigenvalue weighted by atomic mass is 9.82. The van der Waals surface area contributed by atoms with Gasteiger partial charge in [0.1, 0.15) is 23.2 Å². The second-order valence-corrected chi connectivity index (χ2v) is 10.7. The highest BCUT2D eigenvalue weighted by molar-refractivity contribution is 6.01. The third kappa shape index (κ3) is 4.29. The molecule has 3 N–H and O–H groups in total. The van der Waals surface area contributed by atoms with E-state index in [9.17, 15) is 14.0 Å². The third-order valence-electron chi connectivity index (χ3n) is 8.11. The van der Waals surface area contributed by atoms with Crippen molar-refractivity contribution in [1.29, 1.82) is 0 Å². The smallest absolute Gasteiger partial charge is 0.270 e. The van der Waals surface area contributed by atoms with Gasteiger partial charge < -0.3 is 15.6 Å². The Bertz CT molecular complexity index is 1600. The quantitative estimate of drug-likeness (QED) is 0.340. The minimum atomic E-state index is -0.987. The van der Waals surface area contributed by atoms with Gasteiger partial charge in [0, 0.05) is 42.7 Å². The lowest BCUT2D eigenvalue weighted by Crippen LogP contribution is -2.49. The zero-order valence-electron chi connectivity index (χ0n) is 21.8. The van der Waals surface area contributed by atoms with Crippen LogP contribution in [0.25, 0.3) is 11.3 Å². The first-order valence-electron chi connectivity index (χ1n) is 12.9. The molecule has 3 aromatic heterocycles. The first-order valence-corrected chi connectivity index (χ1v) is 12.9. The highest BCUT2D eigenvalue weighted by atomic mass is 19.1. The molecule has 0 bridgehead atoms. The van der Waals surface area contributed by atoms with E-state index in [1.54, 1.807) is 25.4 Å². The molecule has 2 aliphatic rings. The number of halogens is 2. The molecule has 39 heavy (non-hydrogen) atoms. The minimum Gasteiger partial charge on any atom is -0.364 e. The van der Waals surface area contributed by atoms with Gasteiger partial charge >= 0.3 is 0 Å². The zero-order valence-corrected chi connectivity index (χ0v) is 21.8. The van der Waals surface area contributed by atoms with Gasteiger partial charge in [-0.15, -0.1) is 0 Å². The van der Waals surface area contributed by atoms with Gasteiger partial charge in [-0.25, -0.2) is 8.78 Å². The van der Waals surface area contributed by atoms with Gasteiger partial charge in [-0.05, 0) is 73.4 Å². The molecule has 0 radical (unpaired) electrons. The van der Waals surface area contributed by atoms with Crippen molar-refractivity contribution in [2.75, 3.05) is 5.32 Å². The number of fused-ring (bicyclic) bond motifs is 1. The number of nitrogens with zero attached hydrogens (tertiary/aromatic N) is 3. The van der Waals surface area contributed by atoms with E-state index in [1.165, 1.54) is 35.3 Å². The maximum absolute atomic E-state index is 15.2. The van der Waals surface area contributed by atoms with E-state index < -0.39 is 23.7 Å². The second kappa shape index (κ2) is 9.14. The maximum Gasteiger partial charge on any atom is 0.270 e. The van der Waals surface area contributed by atoms with Gasteiger partial charge in [-0.2, -0.15) is 5.10 Å². The van der Waals surface area contributed by atoms with Crippen molar-refractivity contribution in [3.05, 3.63) is 88.6 Å². The number of aromatic amines is 1. The molecule has 1 saturated carbocycles. The number of carbonyl (C=O) groups is 2. The number of nitrogens with one attached hydrogen (secondary N) is 3. The predicted octanol–water partition coefficient (Wildman–Crippen LogP) is 4.56. The Morgan fingerprint density at radius 2 is 1.97 bits per heavy atom. The number of hydrogen-bond acceptors (Lipinski definition) is 4. The van der Waals surface area contributed by atoms with Crippen molar-refractivity contribution in [1.82, 2.24) is 25.1 Å². The number of amides is 2. The number of aryl methyl sites for hydroxylation is 3. The minimum absolute atomic E-state index is 0.175. The molecule has 1 unspecified atom stereocenters. The summed E-state index contributed by atoms with van der Waals surface area (Å²) in [5, 5.41) is 9.74. The first-order chi connectivity index (χ1) is 18.7. The Kier molecular flexibility index (Phi) is 5.85. The molecule has 0 aliphatic heterocycles. The van der Waals surface area contributed by atoms with Crippen LogP contribution in [0.4, 0.5) is 14.5 Å². The van der Waals surface area contributed by atoms with Crippen LogP contribution in [0.1, 0.15) is 51.6 Å². The number of rotatable bonds is 6. The largest absolute Gasteiger partial charge is 0.364 e. The average molecular weight is 531 g/mol. The van der Waals surface area contributed by atoms with Crippen LogP contribution in [0.2, 0.25) is 0 Å². The summed E-state index contributed by atoms with van der Waals surface area (Å²) in [6, 6.07) is 6.41. The van der Waals surface area contributed by atoms with E-state index in [2.05, 4.69) is 25.7 Å². The molecule has 10 heteroatoms. The molecule has 3 heterocycles. The number of benzene rings is 1. The van der Waals surface area contributed by atoms with Crippen molar-refractivity contribution in [2.24, 2.45) is 12.5 Å². The van der Waals surface area contributed by atoms with Crippen LogP contribution >= 0.6 is 0 Å². The summed E-state index contributed by atoms with van der Waals surface area (Å²) < 4.78 is 30.7. The molecule has 4 aromatic rings. The Labute approximate surface area is 223 Å². The van der Waals surface area contributed by atoms with Crippen molar-refractivity contribution >= 4 is 17.5 Å². The average Bonchev–Trinajstić information content (AvgIpc) is 3.22. The van der Waals surface area contributed by atoms with E-state index >= 15 is 4.39 Å². The number of anilines is 1. The predicted molar refractivity (Wildman–Crippen MR) is 141 cm³/mol. The summed E-state index contributed by atoms with van der Waals surface area (Å²) in [6.07, 6.45) is 7.06. The van der Waals surface area contributed by atoms with Gasteiger partial charge in [0.15, 0.2) is 5.82 Å². The maximum atomic E-state index is 15.2. The van der Waals surface area contributed by atoms with Crippen molar-refractivity contribution < 1.29 is 18.4 Å². The highest BCUT2D eigenvalue weighted by Crippen LogP contribution is 2.64. The summed E-state index contributed by atoms with van der Waals surface area (Å²) >= 11 is 0. The van der Waals surface area contributed by atoms with E-state index in [0.29, 0.717) is 17.7 Å². The second-order valence-electron chi connectivity index (χ2n) is 10.7. The molecule has 6 rings (SSSR count). The highest BCUT2D eigenvalue weighted by Gasteiger charge is 2.58. The first kappa shape index (κ1) is 25.0. The van der Waals surface area contributed by atoms with Gasteiger partial charge in [-0.3, -0.25) is 19.3 Å². The number of carbonyl (C=O) groups excluding carboxylic acids is 2. The van der Waals surface area contributed by atoms with Crippen LogP contribution in [0.15, 0.2) is 48.9 Å². The monoisotopic (exact) mass is 530 g/mol. The fourth-order valence-corrected chi connectivity index (χ4v) is 6.07. The Balaban J connectivity index is 1.34. The van der Waals surface area contributed by atoms with E-state index in [0.717, 1.165) is 35.2 Å². The van der Waals surface area contributed by atoms with Crippen molar-refractivity contribution in [3.8, 4) is 11.3 Å². The van der Waals surface area contributed by atoms with Crippen molar-refractivity contribution in [3.63, 3.8) is 0 Å². The standard InChI is InChI=1S/C29H28F2N6O2/c1-15-13-32-16(2)23(15)25-21(31)11-19(14-33-25)35-28(39)26(36-27(38)22-6-9-34-37(22)3)24-20-5-4-18(30)10-17(20)12-29(24)7-8-29/h4-6,9-11,13-14,24,26,32H,7-8,12H2,1-3H3,(H,35,39)(H,36,38)/t24?,26-/m0/s1. The summed E-state index contributed by atoms with van der Waals surface area (Å²) in [6.45, 7) is 3.71. The zero-order chi connectivity index (χ0) is 27.5. The summed E-state index contributed by atoms with van der Waals surface area (Å²) in [7, 11) is 1.64. The van der Waals surface area contributed by atoms with Gasteiger partial charge in [-0.1, -0.05) is 6.07 Å². The molecule has 1 fully saturated rings. The fraction of sp³-hybridized carbons (Fsp3) is 0.310. The third-order valence-corrected chi connectivity index (χ3v) is 8.11.